The van der Waals surface area contributed by atoms with Crippen molar-refractivity contribution in [2.24, 2.45) is 0 Å². The number of para-hydroxylation sites is 1. The second kappa shape index (κ2) is 8.99. The SMILES string of the molecule is O=C(/C=C/c1cnn(-c2ccccc2)c1)OCC(=O)N1CCCCCC1. The van der Waals surface area contributed by atoms with E-state index in [1.165, 1.54) is 6.08 Å². The van der Waals surface area contributed by atoms with Gasteiger partial charge in [0, 0.05) is 30.9 Å². The number of hydrogen-bond donors (Lipinski definition) is 0. The lowest BCUT2D eigenvalue weighted by Crippen LogP contribution is -2.35. The number of amides is 1. The van der Waals surface area contributed by atoms with Gasteiger partial charge in [-0.1, -0.05) is 31.0 Å². The summed E-state index contributed by atoms with van der Waals surface area (Å²) in [5.74, 6) is -0.647. The van der Waals surface area contributed by atoms with E-state index in [2.05, 4.69) is 5.10 Å². The molecule has 1 aromatic carbocycles. The van der Waals surface area contributed by atoms with Crippen LogP contribution in [0.4, 0.5) is 0 Å². The van der Waals surface area contributed by atoms with E-state index in [0.29, 0.717) is 0 Å². The van der Waals surface area contributed by atoms with Gasteiger partial charge >= 0.3 is 5.97 Å². The molecule has 0 bridgehead atoms. The number of nitrogens with zero attached hydrogens (tertiary/aromatic N) is 3. The Kier molecular flexibility index (Phi) is 6.19. The second-order valence-corrected chi connectivity index (χ2v) is 6.29. The third-order valence-electron chi connectivity index (χ3n) is 4.33. The lowest BCUT2D eigenvalue weighted by atomic mass is 10.2. The van der Waals surface area contributed by atoms with Crippen molar-refractivity contribution in [1.29, 1.82) is 0 Å². The average Bonchev–Trinajstić information content (AvgIpc) is 2.98. The van der Waals surface area contributed by atoms with Gasteiger partial charge in [-0.2, -0.15) is 5.10 Å². The Hall–Kier alpha value is -2.89. The Labute approximate surface area is 153 Å². The first kappa shape index (κ1) is 17.9. The molecule has 0 spiro atoms. The summed E-state index contributed by atoms with van der Waals surface area (Å²) >= 11 is 0. The molecule has 6 nitrogen and oxygen atoms in total. The highest BCUT2D eigenvalue weighted by molar-refractivity contribution is 5.89. The van der Waals surface area contributed by atoms with Crippen LogP contribution in [0.1, 0.15) is 31.2 Å². The van der Waals surface area contributed by atoms with Gasteiger partial charge in [0.15, 0.2) is 6.61 Å². The van der Waals surface area contributed by atoms with Crippen molar-refractivity contribution < 1.29 is 14.3 Å². The summed E-state index contributed by atoms with van der Waals surface area (Å²) in [6.07, 6.45) is 10.8. The molecular weight excluding hydrogens is 330 g/mol. The Bertz CT molecular complexity index is 760. The molecule has 1 aliphatic heterocycles. The summed E-state index contributed by atoms with van der Waals surface area (Å²) in [4.78, 5) is 25.7. The van der Waals surface area contributed by atoms with E-state index in [1.54, 1.807) is 21.9 Å². The zero-order valence-corrected chi connectivity index (χ0v) is 14.7. The Morgan fingerprint density at radius 3 is 2.54 bits per heavy atom. The molecule has 1 amide bonds. The number of aromatic nitrogens is 2. The predicted octanol–water partition coefficient (Wildman–Crippen LogP) is 2.83. The number of likely N-dealkylation sites (tertiary alicyclic amines) is 1. The first-order valence-corrected chi connectivity index (χ1v) is 8.95. The minimum Gasteiger partial charge on any atom is -0.452 e. The molecule has 2 aromatic rings. The molecule has 1 saturated heterocycles. The van der Waals surface area contributed by atoms with Crippen LogP contribution < -0.4 is 0 Å². The molecule has 3 rings (SSSR count). The highest BCUT2D eigenvalue weighted by Crippen LogP contribution is 2.10. The number of carbonyl (C=O) groups excluding carboxylic acids is 2. The monoisotopic (exact) mass is 353 g/mol. The fourth-order valence-corrected chi connectivity index (χ4v) is 2.90. The van der Waals surface area contributed by atoms with Gasteiger partial charge in [-0.05, 0) is 31.1 Å². The Morgan fingerprint density at radius 2 is 1.81 bits per heavy atom. The Balaban J connectivity index is 1.48. The highest BCUT2D eigenvalue weighted by atomic mass is 16.5. The van der Waals surface area contributed by atoms with Crippen molar-refractivity contribution in [3.8, 4) is 5.69 Å². The van der Waals surface area contributed by atoms with Crippen LogP contribution in [0, 0.1) is 0 Å². The summed E-state index contributed by atoms with van der Waals surface area (Å²) in [6, 6.07) is 9.71. The van der Waals surface area contributed by atoms with E-state index in [1.807, 2.05) is 36.5 Å². The summed E-state index contributed by atoms with van der Waals surface area (Å²) in [5.41, 5.74) is 1.72. The van der Waals surface area contributed by atoms with Crippen LogP contribution in [-0.4, -0.2) is 46.3 Å². The first-order valence-electron chi connectivity index (χ1n) is 8.95. The smallest absolute Gasteiger partial charge is 0.331 e. The van der Waals surface area contributed by atoms with Gasteiger partial charge in [-0.3, -0.25) is 4.79 Å². The fraction of sp³-hybridized carbons (Fsp3) is 0.350. The van der Waals surface area contributed by atoms with Crippen molar-refractivity contribution in [3.05, 3.63) is 54.4 Å². The third-order valence-corrected chi connectivity index (χ3v) is 4.33. The molecule has 0 N–H and O–H groups in total. The molecule has 0 aliphatic carbocycles. The minimum absolute atomic E-state index is 0.120. The average molecular weight is 353 g/mol. The van der Waals surface area contributed by atoms with E-state index < -0.39 is 5.97 Å². The molecular formula is C20H23N3O3. The maximum absolute atomic E-state index is 12.1. The predicted molar refractivity (Wildman–Crippen MR) is 98.6 cm³/mol. The van der Waals surface area contributed by atoms with E-state index in [9.17, 15) is 9.59 Å². The third kappa shape index (κ3) is 5.05. The van der Waals surface area contributed by atoms with E-state index in [4.69, 9.17) is 4.74 Å². The van der Waals surface area contributed by atoms with Crippen molar-refractivity contribution in [1.82, 2.24) is 14.7 Å². The number of rotatable bonds is 5. The van der Waals surface area contributed by atoms with Gasteiger partial charge in [0.1, 0.15) is 0 Å². The maximum atomic E-state index is 12.1. The molecule has 1 fully saturated rings. The molecule has 0 radical (unpaired) electrons. The molecule has 26 heavy (non-hydrogen) atoms. The van der Waals surface area contributed by atoms with E-state index in [0.717, 1.165) is 50.0 Å². The van der Waals surface area contributed by atoms with E-state index >= 15 is 0 Å². The number of esters is 1. The van der Waals surface area contributed by atoms with Crippen molar-refractivity contribution in [3.63, 3.8) is 0 Å². The highest BCUT2D eigenvalue weighted by Gasteiger charge is 2.16. The van der Waals surface area contributed by atoms with Gasteiger partial charge in [0.2, 0.25) is 0 Å². The van der Waals surface area contributed by atoms with Crippen LogP contribution in [0.5, 0.6) is 0 Å². The fourth-order valence-electron chi connectivity index (χ4n) is 2.90. The number of benzene rings is 1. The lowest BCUT2D eigenvalue weighted by molar-refractivity contribution is -0.148. The second-order valence-electron chi connectivity index (χ2n) is 6.29. The topological polar surface area (TPSA) is 64.4 Å². The zero-order chi connectivity index (χ0) is 18.2. The lowest BCUT2D eigenvalue weighted by Gasteiger charge is -2.19. The number of ether oxygens (including phenoxy) is 1. The van der Waals surface area contributed by atoms with Crippen molar-refractivity contribution in [2.75, 3.05) is 19.7 Å². The van der Waals surface area contributed by atoms with Crippen LogP contribution in [0.3, 0.4) is 0 Å². The molecule has 0 unspecified atom stereocenters. The van der Waals surface area contributed by atoms with Crippen molar-refractivity contribution >= 4 is 18.0 Å². The molecule has 1 aliphatic rings. The molecule has 0 atom stereocenters. The van der Waals surface area contributed by atoms with Crippen LogP contribution in [0.2, 0.25) is 0 Å². The normalized spacial score (nSPS) is 15.0. The van der Waals surface area contributed by atoms with Gasteiger partial charge in [-0.15, -0.1) is 0 Å². The molecule has 1 aromatic heterocycles. The van der Waals surface area contributed by atoms with Gasteiger partial charge in [0.25, 0.3) is 5.91 Å². The summed E-state index contributed by atoms with van der Waals surface area (Å²) < 4.78 is 6.80. The molecule has 2 heterocycles. The first-order chi connectivity index (χ1) is 12.7. The molecule has 136 valence electrons. The molecule has 0 saturated carbocycles. The maximum Gasteiger partial charge on any atom is 0.331 e. The molecule has 6 heteroatoms. The van der Waals surface area contributed by atoms with Crippen LogP contribution in [0.25, 0.3) is 11.8 Å². The zero-order valence-electron chi connectivity index (χ0n) is 14.7. The number of hydrogen-bond acceptors (Lipinski definition) is 4. The van der Waals surface area contributed by atoms with Crippen LogP contribution in [0.15, 0.2) is 48.8 Å². The largest absolute Gasteiger partial charge is 0.452 e. The Morgan fingerprint density at radius 1 is 1.08 bits per heavy atom. The van der Waals surface area contributed by atoms with Crippen LogP contribution in [-0.2, 0) is 14.3 Å². The van der Waals surface area contributed by atoms with Crippen LogP contribution >= 0.6 is 0 Å². The summed E-state index contributed by atoms with van der Waals surface area (Å²) in [6.45, 7) is 1.31. The minimum atomic E-state index is -0.527. The standard InChI is InChI=1S/C20H23N3O3/c24-19(22-12-6-1-2-7-13-22)16-26-20(25)11-10-17-14-21-23(15-17)18-8-4-3-5-9-18/h3-5,8-11,14-15H,1-2,6-7,12-13,16H2/b11-10+. The van der Waals surface area contributed by atoms with Gasteiger partial charge < -0.3 is 9.64 Å². The van der Waals surface area contributed by atoms with Gasteiger partial charge in [-0.25, -0.2) is 9.48 Å². The van der Waals surface area contributed by atoms with Crippen molar-refractivity contribution in [2.45, 2.75) is 25.7 Å². The summed E-state index contributed by atoms with van der Waals surface area (Å²) in [7, 11) is 0. The quantitative estimate of drug-likeness (QED) is 0.612. The van der Waals surface area contributed by atoms with Gasteiger partial charge in [0.05, 0.1) is 11.9 Å². The summed E-state index contributed by atoms with van der Waals surface area (Å²) in [5, 5.41) is 4.26. The number of carbonyl (C=O) groups is 2. The van der Waals surface area contributed by atoms with E-state index in [-0.39, 0.29) is 12.5 Å².